The number of benzene rings is 2. The van der Waals surface area contributed by atoms with E-state index < -0.39 is 6.10 Å². The molecule has 0 bridgehead atoms. The van der Waals surface area contributed by atoms with Crippen molar-refractivity contribution in [3.05, 3.63) is 42.5 Å². The number of anilines is 1. The van der Waals surface area contributed by atoms with Crippen LogP contribution in [0.3, 0.4) is 0 Å². The van der Waals surface area contributed by atoms with E-state index in [2.05, 4.69) is 5.32 Å². The lowest BCUT2D eigenvalue weighted by molar-refractivity contribution is -0.154. The van der Waals surface area contributed by atoms with E-state index in [1.54, 1.807) is 6.92 Å². The summed E-state index contributed by atoms with van der Waals surface area (Å²) in [5, 5.41) is 4.99. The average molecular weight is 325 g/mol. The topological polar surface area (TPSA) is 55.4 Å². The lowest BCUT2D eigenvalue weighted by Crippen LogP contribution is -2.30. The SMILES string of the molecule is C[C@@H](OC(=O)CC1CCCC1)C(=O)Nc1ccc2ccccc2c1. The highest BCUT2D eigenvalue weighted by atomic mass is 16.5. The van der Waals surface area contributed by atoms with Crippen molar-refractivity contribution in [1.82, 2.24) is 0 Å². The summed E-state index contributed by atoms with van der Waals surface area (Å²) in [4.78, 5) is 24.2. The highest BCUT2D eigenvalue weighted by Gasteiger charge is 2.23. The summed E-state index contributed by atoms with van der Waals surface area (Å²) in [6.07, 6.45) is 4.20. The zero-order valence-electron chi connectivity index (χ0n) is 14.0. The van der Waals surface area contributed by atoms with Gasteiger partial charge in [0.05, 0.1) is 0 Å². The van der Waals surface area contributed by atoms with Crippen molar-refractivity contribution < 1.29 is 14.3 Å². The molecule has 0 radical (unpaired) electrons. The standard InChI is InChI=1S/C20H23NO3/c1-14(24-19(22)12-15-6-2-3-7-15)20(23)21-18-11-10-16-8-4-5-9-17(16)13-18/h4-5,8-11,13-15H,2-3,6-7,12H2,1H3,(H,21,23)/t14-/m1/s1. The molecule has 0 spiro atoms. The first-order valence-corrected chi connectivity index (χ1v) is 8.61. The Morgan fingerprint density at radius 1 is 1.12 bits per heavy atom. The molecular formula is C20H23NO3. The quantitative estimate of drug-likeness (QED) is 0.834. The van der Waals surface area contributed by atoms with Gasteiger partial charge in [0.1, 0.15) is 0 Å². The third-order valence-electron chi connectivity index (χ3n) is 4.62. The zero-order chi connectivity index (χ0) is 16.9. The van der Waals surface area contributed by atoms with E-state index in [4.69, 9.17) is 4.74 Å². The van der Waals surface area contributed by atoms with Gasteiger partial charge in [0.2, 0.25) is 0 Å². The molecule has 1 N–H and O–H groups in total. The molecule has 3 rings (SSSR count). The van der Waals surface area contributed by atoms with E-state index in [0.29, 0.717) is 18.0 Å². The van der Waals surface area contributed by atoms with Crippen LogP contribution in [0, 0.1) is 5.92 Å². The molecule has 1 aliphatic rings. The number of hydrogen-bond donors (Lipinski definition) is 1. The smallest absolute Gasteiger partial charge is 0.306 e. The second kappa shape index (κ2) is 7.47. The fourth-order valence-electron chi connectivity index (χ4n) is 3.26. The molecular weight excluding hydrogens is 302 g/mol. The summed E-state index contributed by atoms with van der Waals surface area (Å²) >= 11 is 0. The highest BCUT2D eigenvalue weighted by Crippen LogP contribution is 2.28. The third-order valence-corrected chi connectivity index (χ3v) is 4.62. The van der Waals surface area contributed by atoms with Crippen LogP contribution in [0.4, 0.5) is 5.69 Å². The van der Waals surface area contributed by atoms with E-state index in [0.717, 1.165) is 23.6 Å². The van der Waals surface area contributed by atoms with Crippen LogP contribution in [-0.4, -0.2) is 18.0 Å². The van der Waals surface area contributed by atoms with Crippen LogP contribution in [-0.2, 0) is 14.3 Å². The molecule has 1 atom stereocenters. The van der Waals surface area contributed by atoms with Gasteiger partial charge in [-0.3, -0.25) is 9.59 Å². The highest BCUT2D eigenvalue weighted by molar-refractivity contribution is 5.97. The number of fused-ring (bicyclic) bond motifs is 1. The van der Waals surface area contributed by atoms with Crippen LogP contribution in [0.5, 0.6) is 0 Å². The first kappa shape index (κ1) is 16.5. The van der Waals surface area contributed by atoms with Gasteiger partial charge in [-0.05, 0) is 48.6 Å². The van der Waals surface area contributed by atoms with Crippen molar-refractivity contribution in [3.8, 4) is 0 Å². The Labute approximate surface area is 142 Å². The summed E-state index contributed by atoms with van der Waals surface area (Å²) < 4.78 is 5.28. The molecule has 0 saturated heterocycles. The number of amides is 1. The first-order valence-electron chi connectivity index (χ1n) is 8.61. The maximum absolute atomic E-state index is 12.2. The Bertz CT molecular complexity index is 734. The number of hydrogen-bond acceptors (Lipinski definition) is 3. The average Bonchev–Trinajstić information content (AvgIpc) is 3.07. The summed E-state index contributed by atoms with van der Waals surface area (Å²) in [6.45, 7) is 1.61. The molecule has 1 aliphatic carbocycles. The summed E-state index contributed by atoms with van der Waals surface area (Å²) in [5.74, 6) is -0.152. The van der Waals surface area contributed by atoms with Gasteiger partial charge in [-0.1, -0.05) is 43.2 Å². The van der Waals surface area contributed by atoms with Gasteiger partial charge in [-0.2, -0.15) is 0 Å². The largest absolute Gasteiger partial charge is 0.453 e. The van der Waals surface area contributed by atoms with Crippen LogP contribution in [0.1, 0.15) is 39.0 Å². The fourth-order valence-corrected chi connectivity index (χ4v) is 3.26. The minimum absolute atomic E-state index is 0.275. The molecule has 126 valence electrons. The van der Waals surface area contributed by atoms with E-state index in [1.165, 1.54) is 12.8 Å². The predicted molar refractivity (Wildman–Crippen MR) is 94.7 cm³/mol. The van der Waals surface area contributed by atoms with Gasteiger partial charge >= 0.3 is 5.97 Å². The molecule has 0 unspecified atom stereocenters. The molecule has 0 aromatic heterocycles. The van der Waals surface area contributed by atoms with Crippen molar-refractivity contribution in [3.63, 3.8) is 0 Å². The second-order valence-corrected chi connectivity index (χ2v) is 6.54. The number of nitrogens with one attached hydrogen (secondary N) is 1. The fraction of sp³-hybridized carbons (Fsp3) is 0.400. The van der Waals surface area contributed by atoms with Gasteiger partial charge in [0.25, 0.3) is 5.91 Å². The molecule has 2 aromatic carbocycles. The van der Waals surface area contributed by atoms with E-state index in [9.17, 15) is 9.59 Å². The van der Waals surface area contributed by atoms with Gasteiger partial charge in [0.15, 0.2) is 6.10 Å². The lowest BCUT2D eigenvalue weighted by atomic mass is 10.0. The molecule has 1 amide bonds. The lowest BCUT2D eigenvalue weighted by Gasteiger charge is -2.15. The normalized spacial score (nSPS) is 16.0. The van der Waals surface area contributed by atoms with E-state index >= 15 is 0 Å². The second-order valence-electron chi connectivity index (χ2n) is 6.54. The van der Waals surface area contributed by atoms with Gasteiger partial charge in [0, 0.05) is 12.1 Å². The molecule has 1 fully saturated rings. The molecule has 4 heteroatoms. The summed E-state index contributed by atoms with van der Waals surface area (Å²) in [7, 11) is 0. The van der Waals surface area contributed by atoms with Crippen LogP contribution in [0.25, 0.3) is 10.8 Å². The Morgan fingerprint density at radius 2 is 1.83 bits per heavy atom. The first-order chi connectivity index (χ1) is 11.6. The van der Waals surface area contributed by atoms with Crippen LogP contribution < -0.4 is 5.32 Å². The molecule has 1 saturated carbocycles. The van der Waals surface area contributed by atoms with Crippen molar-refractivity contribution in [1.29, 1.82) is 0 Å². The molecule has 24 heavy (non-hydrogen) atoms. The van der Waals surface area contributed by atoms with Crippen molar-refractivity contribution in [2.75, 3.05) is 5.32 Å². The van der Waals surface area contributed by atoms with Crippen molar-refractivity contribution in [2.45, 2.75) is 45.1 Å². The number of ether oxygens (including phenoxy) is 1. The van der Waals surface area contributed by atoms with Crippen molar-refractivity contribution >= 4 is 28.3 Å². The van der Waals surface area contributed by atoms with Crippen molar-refractivity contribution in [2.24, 2.45) is 5.92 Å². The van der Waals surface area contributed by atoms with Crippen LogP contribution >= 0.6 is 0 Å². The monoisotopic (exact) mass is 325 g/mol. The number of rotatable bonds is 5. The minimum atomic E-state index is -0.787. The number of esters is 1. The maximum atomic E-state index is 12.2. The predicted octanol–water partition coefficient (Wildman–Crippen LogP) is 4.29. The Balaban J connectivity index is 1.55. The van der Waals surface area contributed by atoms with Gasteiger partial charge < -0.3 is 10.1 Å². The van der Waals surface area contributed by atoms with Gasteiger partial charge in [-0.15, -0.1) is 0 Å². The molecule has 0 aliphatic heterocycles. The number of carbonyl (C=O) groups excluding carboxylic acids is 2. The molecule has 4 nitrogen and oxygen atoms in total. The Kier molecular flexibility index (Phi) is 5.14. The Morgan fingerprint density at radius 3 is 2.58 bits per heavy atom. The number of carbonyl (C=O) groups is 2. The van der Waals surface area contributed by atoms with E-state index in [1.807, 2.05) is 42.5 Å². The van der Waals surface area contributed by atoms with E-state index in [-0.39, 0.29) is 11.9 Å². The molecule has 0 heterocycles. The summed E-state index contributed by atoms with van der Waals surface area (Å²) in [5.41, 5.74) is 0.706. The maximum Gasteiger partial charge on any atom is 0.306 e. The van der Waals surface area contributed by atoms with Gasteiger partial charge in [-0.25, -0.2) is 0 Å². The third kappa shape index (κ3) is 4.13. The zero-order valence-corrected chi connectivity index (χ0v) is 14.0. The Hall–Kier alpha value is -2.36. The summed E-state index contributed by atoms with van der Waals surface area (Å²) in [6, 6.07) is 13.7. The van der Waals surface area contributed by atoms with Crippen LogP contribution in [0.2, 0.25) is 0 Å². The van der Waals surface area contributed by atoms with Crippen LogP contribution in [0.15, 0.2) is 42.5 Å². The molecule has 2 aromatic rings. The minimum Gasteiger partial charge on any atom is -0.453 e.